The van der Waals surface area contributed by atoms with Crippen molar-refractivity contribution in [2.75, 3.05) is 39.8 Å². The van der Waals surface area contributed by atoms with E-state index in [-0.39, 0.29) is 5.78 Å². The number of nitrogens with zero attached hydrogens (tertiary/aromatic N) is 2. The van der Waals surface area contributed by atoms with E-state index in [4.69, 9.17) is 0 Å². The molecule has 0 amide bonds. The van der Waals surface area contributed by atoms with Gasteiger partial charge in [-0.3, -0.25) is 9.69 Å². The van der Waals surface area contributed by atoms with Gasteiger partial charge in [-0.1, -0.05) is 44.0 Å². The summed E-state index contributed by atoms with van der Waals surface area (Å²) in [6.07, 6.45) is 4.90. The van der Waals surface area contributed by atoms with Gasteiger partial charge < -0.3 is 4.90 Å². The first kappa shape index (κ1) is 16.2. The monoisotopic (exact) mass is 288 g/mol. The van der Waals surface area contributed by atoms with Crippen molar-refractivity contribution < 1.29 is 4.79 Å². The molecule has 0 radical (unpaired) electrons. The molecule has 1 fully saturated rings. The maximum absolute atomic E-state index is 12.3. The van der Waals surface area contributed by atoms with Crippen LogP contribution in [0.4, 0.5) is 0 Å². The van der Waals surface area contributed by atoms with Gasteiger partial charge >= 0.3 is 0 Å². The number of piperazine rings is 1. The molecule has 3 heteroatoms. The van der Waals surface area contributed by atoms with E-state index in [1.807, 2.05) is 12.1 Å². The van der Waals surface area contributed by atoms with Crippen molar-refractivity contribution in [1.82, 2.24) is 9.80 Å². The minimum atomic E-state index is 0.250. The van der Waals surface area contributed by atoms with Gasteiger partial charge in [-0.05, 0) is 25.5 Å². The van der Waals surface area contributed by atoms with Gasteiger partial charge in [0.05, 0.1) is 6.54 Å². The quantitative estimate of drug-likeness (QED) is 0.569. The Hall–Kier alpha value is -1.19. The highest BCUT2D eigenvalue weighted by Gasteiger charge is 2.17. The van der Waals surface area contributed by atoms with Crippen molar-refractivity contribution >= 4 is 5.78 Å². The molecule has 0 spiro atoms. The van der Waals surface area contributed by atoms with Crippen LogP contribution < -0.4 is 0 Å². The van der Waals surface area contributed by atoms with Crippen molar-refractivity contribution in [3.63, 3.8) is 0 Å². The molecule has 0 bridgehead atoms. The van der Waals surface area contributed by atoms with Crippen LogP contribution in [0.2, 0.25) is 0 Å². The molecular weight excluding hydrogens is 260 g/mol. The van der Waals surface area contributed by atoms with Gasteiger partial charge in [0.2, 0.25) is 0 Å². The van der Waals surface area contributed by atoms with Gasteiger partial charge in [-0.2, -0.15) is 0 Å². The highest BCUT2D eigenvalue weighted by Crippen LogP contribution is 2.10. The molecule has 1 aliphatic rings. The number of likely N-dealkylation sites (N-methyl/N-ethyl adjacent to an activating group) is 1. The molecule has 0 aromatic heterocycles. The smallest absolute Gasteiger partial charge is 0.176 e. The van der Waals surface area contributed by atoms with Gasteiger partial charge in [0.25, 0.3) is 0 Å². The Labute approximate surface area is 128 Å². The third-order valence-electron chi connectivity index (χ3n) is 4.31. The first-order valence-electron chi connectivity index (χ1n) is 8.22. The molecule has 0 unspecified atom stereocenters. The van der Waals surface area contributed by atoms with Gasteiger partial charge in [0.15, 0.2) is 5.78 Å². The predicted molar refractivity (Wildman–Crippen MR) is 87.9 cm³/mol. The van der Waals surface area contributed by atoms with E-state index in [1.54, 1.807) is 0 Å². The molecule has 2 rings (SSSR count). The van der Waals surface area contributed by atoms with Crippen molar-refractivity contribution in [2.24, 2.45) is 0 Å². The molecule has 0 aliphatic carbocycles. The van der Waals surface area contributed by atoms with Crippen molar-refractivity contribution in [3.8, 4) is 0 Å². The average Bonchev–Trinajstić information content (AvgIpc) is 2.50. The van der Waals surface area contributed by atoms with Gasteiger partial charge in [0.1, 0.15) is 0 Å². The van der Waals surface area contributed by atoms with Gasteiger partial charge in [-0.15, -0.1) is 0 Å². The molecule has 0 atom stereocenters. The number of ketones is 1. The molecule has 0 saturated carbocycles. The van der Waals surface area contributed by atoms with Crippen LogP contribution in [-0.4, -0.2) is 55.4 Å². The summed E-state index contributed by atoms with van der Waals surface area (Å²) in [5.74, 6) is 0.250. The zero-order valence-corrected chi connectivity index (χ0v) is 13.5. The van der Waals surface area contributed by atoms with Crippen LogP contribution in [0.5, 0.6) is 0 Å². The fourth-order valence-electron chi connectivity index (χ4n) is 2.74. The lowest BCUT2D eigenvalue weighted by Gasteiger charge is -2.31. The summed E-state index contributed by atoms with van der Waals surface area (Å²) in [5, 5.41) is 0. The summed E-state index contributed by atoms with van der Waals surface area (Å²) in [5.41, 5.74) is 2.20. The standard InChI is InChI=1S/C18H28N2O/c1-3-4-5-6-16-7-9-17(10-8-16)18(21)15-20-13-11-19(2)12-14-20/h7-10H,3-6,11-15H2,1-2H3. The number of hydrogen-bond acceptors (Lipinski definition) is 3. The van der Waals surface area contributed by atoms with E-state index in [1.165, 1.54) is 24.8 Å². The molecule has 116 valence electrons. The van der Waals surface area contributed by atoms with Gasteiger partial charge in [0, 0.05) is 31.7 Å². The number of unbranched alkanes of at least 4 members (excludes halogenated alkanes) is 2. The lowest BCUT2D eigenvalue weighted by atomic mass is 10.0. The van der Waals surface area contributed by atoms with E-state index in [0.717, 1.165) is 38.2 Å². The Morgan fingerprint density at radius 1 is 1.05 bits per heavy atom. The first-order valence-corrected chi connectivity index (χ1v) is 8.22. The highest BCUT2D eigenvalue weighted by atomic mass is 16.1. The van der Waals surface area contributed by atoms with Crippen LogP contribution in [0, 0.1) is 0 Å². The second-order valence-corrected chi connectivity index (χ2v) is 6.16. The second-order valence-electron chi connectivity index (χ2n) is 6.16. The summed E-state index contributed by atoms with van der Waals surface area (Å²) in [7, 11) is 2.14. The van der Waals surface area contributed by atoms with Crippen LogP contribution in [0.15, 0.2) is 24.3 Å². The number of aryl methyl sites for hydroxylation is 1. The minimum Gasteiger partial charge on any atom is -0.304 e. The zero-order valence-electron chi connectivity index (χ0n) is 13.5. The number of carbonyl (C=O) groups excluding carboxylic acids is 1. The lowest BCUT2D eigenvalue weighted by molar-refractivity contribution is 0.0876. The normalized spacial score (nSPS) is 17.0. The van der Waals surface area contributed by atoms with Crippen molar-refractivity contribution in [2.45, 2.75) is 32.6 Å². The van der Waals surface area contributed by atoms with Crippen molar-refractivity contribution in [1.29, 1.82) is 0 Å². The fourth-order valence-corrected chi connectivity index (χ4v) is 2.74. The molecule has 3 nitrogen and oxygen atoms in total. The van der Waals surface area contributed by atoms with E-state index < -0.39 is 0 Å². The van der Waals surface area contributed by atoms with Crippen LogP contribution in [-0.2, 0) is 6.42 Å². The Balaban J connectivity index is 1.82. The molecular formula is C18H28N2O. The maximum Gasteiger partial charge on any atom is 0.176 e. The molecule has 1 heterocycles. The fraction of sp³-hybridized carbons (Fsp3) is 0.611. The topological polar surface area (TPSA) is 23.6 Å². The molecule has 0 N–H and O–H groups in total. The Morgan fingerprint density at radius 2 is 1.71 bits per heavy atom. The van der Waals surface area contributed by atoms with Gasteiger partial charge in [-0.25, -0.2) is 0 Å². The number of carbonyl (C=O) groups is 1. The third kappa shape index (κ3) is 5.25. The zero-order chi connectivity index (χ0) is 15.1. The summed E-state index contributed by atoms with van der Waals surface area (Å²) >= 11 is 0. The lowest BCUT2D eigenvalue weighted by Crippen LogP contribution is -2.46. The largest absolute Gasteiger partial charge is 0.304 e. The molecule has 1 aromatic rings. The van der Waals surface area contributed by atoms with Crippen molar-refractivity contribution in [3.05, 3.63) is 35.4 Å². The molecule has 1 saturated heterocycles. The second kappa shape index (κ2) is 8.30. The summed E-state index contributed by atoms with van der Waals surface area (Å²) in [4.78, 5) is 16.9. The van der Waals surface area contributed by atoms with E-state index in [2.05, 4.69) is 35.9 Å². The number of hydrogen-bond donors (Lipinski definition) is 0. The summed E-state index contributed by atoms with van der Waals surface area (Å²) in [6, 6.07) is 8.24. The van der Waals surface area contributed by atoms with E-state index in [9.17, 15) is 4.79 Å². The molecule has 1 aliphatic heterocycles. The third-order valence-corrected chi connectivity index (χ3v) is 4.31. The Bertz CT molecular complexity index is 433. The number of Topliss-reactive ketones (excluding diaryl/α,β-unsaturated/α-hetero) is 1. The van der Waals surface area contributed by atoms with Crippen LogP contribution in [0.3, 0.4) is 0 Å². The van der Waals surface area contributed by atoms with Crippen LogP contribution in [0.25, 0.3) is 0 Å². The minimum absolute atomic E-state index is 0.250. The molecule has 21 heavy (non-hydrogen) atoms. The SMILES string of the molecule is CCCCCc1ccc(C(=O)CN2CCN(C)CC2)cc1. The van der Waals surface area contributed by atoms with E-state index in [0.29, 0.717) is 6.54 Å². The highest BCUT2D eigenvalue weighted by molar-refractivity contribution is 5.97. The summed E-state index contributed by atoms with van der Waals surface area (Å²) < 4.78 is 0. The Morgan fingerprint density at radius 3 is 2.33 bits per heavy atom. The first-order chi connectivity index (χ1) is 10.2. The number of rotatable bonds is 7. The Kier molecular flexibility index (Phi) is 6.40. The predicted octanol–water partition coefficient (Wildman–Crippen LogP) is 2.85. The van der Waals surface area contributed by atoms with E-state index >= 15 is 0 Å². The average molecular weight is 288 g/mol. The molecule has 1 aromatic carbocycles. The van der Waals surface area contributed by atoms with Crippen LogP contribution in [0.1, 0.15) is 42.1 Å². The summed E-state index contributed by atoms with van der Waals surface area (Å²) in [6.45, 7) is 6.89. The maximum atomic E-state index is 12.3. The van der Waals surface area contributed by atoms with Crippen LogP contribution >= 0.6 is 0 Å². The number of benzene rings is 1.